The molecule has 5 rings (SSSR count). The molecule has 3 nitrogen and oxygen atoms in total. The lowest BCUT2D eigenvalue weighted by Gasteiger charge is -2.16. The van der Waals surface area contributed by atoms with Crippen LogP contribution >= 0.6 is 0 Å². The first-order chi connectivity index (χ1) is 10.8. The van der Waals surface area contributed by atoms with Crippen LogP contribution in [0.4, 0.5) is 0 Å². The Labute approximate surface area is 129 Å². The quantitative estimate of drug-likeness (QED) is 0.805. The van der Waals surface area contributed by atoms with Gasteiger partial charge in [-0.1, -0.05) is 36.4 Å². The third-order valence-corrected chi connectivity index (χ3v) is 5.84. The van der Waals surface area contributed by atoms with Crippen molar-refractivity contribution in [3.8, 4) is 0 Å². The summed E-state index contributed by atoms with van der Waals surface area (Å²) in [5.41, 5.74) is 4.29. The summed E-state index contributed by atoms with van der Waals surface area (Å²) in [7, 11) is 0. The number of carbonyl (C=O) groups excluding carboxylic acids is 1. The van der Waals surface area contributed by atoms with Gasteiger partial charge in [-0.3, -0.25) is 4.79 Å². The Morgan fingerprint density at radius 1 is 1.05 bits per heavy atom. The van der Waals surface area contributed by atoms with E-state index >= 15 is 0 Å². The van der Waals surface area contributed by atoms with Gasteiger partial charge in [0.2, 0.25) is 6.21 Å². The first kappa shape index (κ1) is 12.4. The van der Waals surface area contributed by atoms with Crippen LogP contribution in [0.15, 0.2) is 42.5 Å². The van der Waals surface area contributed by atoms with E-state index in [1.807, 2.05) is 0 Å². The molecule has 110 valence electrons. The van der Waals surface area contributed by atoms with Gasteiger partial charge in [-0.05, 0) is 42.0 Å². The molecule has 2 saturated carbocycles. The summed E-state index contributed by atoms with van der Waals surface area (Å²) in [5.74, 6) is 1.74. The van der Waals surface area contributed by atoms with Crippen LogP contribution in [0.3, 0.4) is 0 Å². The summed E-state index contributed by atoms with van der Waals surface area (Å²) in [6, 6.07) is 15.1. The molecular formula is C19H19N2O+. The topological polar surface area (TPSA) is 32.1 Å². The van der Waals surface area contributed by atoms with E-state index in [0.29, 0.717) is 17.9 Å². The molecule has 1 heterocycles. The summed E-state index contributed by atoms with van der Waals surface area (Å²) < 4.78 is 2.11. The van der Waals surface area contributed by atoms with Crippen LogP contribution in [-0.2, 0) is 4.79 Å². The lowest BCUT2D eigenvalue weighted by molar-refractivity contribution is -0.598. The van der Waals surface area contributed by atoms with Crippen molar-refractivity contribution in [1.82, 2.24) is 5.43 Å². The number of rotatable bonds is 1. The monoisotopic (exact) mass is 291 g/mol. The van der Waals surface area contributed by atoms with Crippen molar-refractivity contribution in [2.75, 3.05) is 0 Å². The van der Waals surface area contributed by atoms with Gasteiger partial charge in [0.25, 0.3) is 5.91 Å². The van der Waals surface area contributed by atoms with Crippen molar-refractivity contribution in [2.45, 2.75) is 25.3 Å². The molecule has 22 heavy (non-hydrogen) atoms. The summed E-state index contributed by atoms with van der Waals surface area (Å²) in [6.45, 7) is 0. The molecule has 2 bridgehead atoms. The Morgan fingerprint density at radius 3 is 2.82 bits per heavy atom. The molecule has 3 heteroatoms. The van der Waals surface area contributed by atoms with Crippen LogP contribution in [0.1, 0.15) is 24.8 Å². The summed E-state index contributed by atoms with van der Waals surface area (Å²) in [5, 5.41) is 2.48. The lowest BCUT2D eigenvalue weighted by atomic mass is 9.85. The van der Waals surface area contributed by atoms with Crippen LogP contribution in [0.2, 0.25) is 0 Å². The van der Waals surface area contributed by atoms with Crippen LogP contribution in [0, 0.1) is 17.8 Å². The van der Waals surface area contributed by atoms with Gasteiger partial charge in [0, 0.05) is 11.5 Å². The maximum atomic E-state index is 12.3. The van der Waals surface area contributed by atoms with Gasteiger partial charge in [-0.2, -0.15) is 0 Å². The molecule has 2 aliphatic carbocycles. The minimum atomic E-state index is 0.213. The van der Waals surface area contributed by atoms with E-state index in [2.05, 4.69) is 58.8 Å². The zero-order valence-electron chi connectivity index (χ0n) is 12.4. The average molecular weight is 291 g/mol. The van der Waals surface area contributed by atoms with Crippen molar-refractivity contribution in [1.29, 1.82) is 0 Å². The van der Waals surface area contributed by atoms with E-state index in [-0.39, 0.29) is 11.8 Å². The second kappa shape index (κ2) is 4.42. The van der Waals surface area contributed by atoms with Crippen LogP contribution in [-0.4, -0.2) is 22.8 Å². The molecule has 2 unspecified atom stereocenters. The molecule has 0 radical (unpaired) electrons. The third-order valence-electron chi connectivity index (χ3n) is 5.84. The molecule has 2 aromatic rings. The zero-order chi connectivity index (χ0) is 14.7. The number of fused-ring (bicyclic) bond motifs is 6. The molecule has 2 aromatic carbocycles. The van der Waals surface area contributed by atoms with Gasteiger partial charge >= 0.3 is 0 Å². The lowest BCUT2D eigenvalue weighted by Crippen LogP contribution is -2.34. The smallest absolute Gasteiger partial charge is 0.269 e. The minimum absolute atomic E-state index is 0.213. The molecule has 3 fully saturated rings. The Hall–Kier alpha value is -2.16. The van der Waals surface area contributed by atoms with Crippen molar-refractivity contribution in [2.24, 2.45) is 17.8 Å². The molecule has 4 atom stereocenters. The highest BCUT2D eigenvalue weighted by Crippen LogP contribution is 2.51. The van der Waals surface area contributed by atoms with E-state index in [0.717, 1.165) is 0 Å². The first-order valence-corrected chi connectivity index (χ1v) is 8.23. The van der Waals surface area contributed by atoms with Gasteiger partial charge in [-0.15, -0.1) is 10.1 Å². The first-order valence-electron chi connectivity index (χ1n) is 8.23. The molecule has 0 spiro atoms. The predicted molar refractivity (Wildman–Crippen MR) is 85.6 cm³/mol. The summed E-state index contributed by atoms with van der Waals surface area (Å²) in [6.07, 6.45) is 5.90. The van der Waals surface area contributed by atoms with E-state index in [9.17, 15) is 4.79 Å². The Balaban J connectivity index is 1.62. The van der Waals surface area contributed by atoms with Gasteiger partial charge in [-0.25, -0.2) is 0 Å². The predicted octanol–water partition coefficient (Wildman–Crippen LogP) is 2.73. The number of hydrazone groups is 1. The number of hydrogen-bond acceptors (Lipinski definition) is 1. The van der Waals surface area contributed by atoms with Gasteiger partial charge in [0.05, 0.1) is 0 Å². The molecular weight excluding hydrogens is 272 g/mol. The van der Waals surface area contributed by atoms with E-state index in [4.69, 9.17) is 0 Å². The fourth-order valence-corrected chi connectivity index (χ4v) is 4.94. The van der Waals surface area contributed by atoms with E-state index < -0.39 is 0 Å². The molecule has 1 saturated heterocycles. The number of hydrazine groups is 1. The second-order valence-corrected chi connectivity index (χ2v) is 6.93. The fourth-order valence-electron chi connectivity index (χ4n) is 4.94. The number of nitrogens with one attached hydrogen (secondary N) is 1. The number of carbonyl (C=O) groups is 1. The van der Waals surface area contributed by atoms with Gasteiger partial charge in [0.1, 0.15) is 5.92 Å². The highest BCUT2D eigenvalue weighted by molar-refractivity contribution is 5.98. The van der Waals surface area contributed by atoms with Crippen molar-refractivity contribution in [3.05, 3.63) is 48.0 Å². The number of benzene rings is 2. The standard InChI is InChI=1S/C19H18N2O/c22-19-17-13-8-9-14(10-13)18(17)21(20-19)11-15-6-3-5-12-4-1-2-7-16(12)15/h1-7,11,13-14,17-18H,8-10H2/p+1/b21-11-/t13-,14-,17?,18?/m1/s1. The largest absolute Gasteiger partial charge is 0.284 e. The highest BCUT2D eigenvalue weighted by atomic mass is 16.2. The third kappa shape index (κ3) is 1.62. The number of hydrogen-bond donors (Lipinski definition) is 1. The fraction of sp³-hybridized carbons (Fsp3) is 0.368. The summed E-state index contributed by atoms with van der Waals surface area (Å²) in [4.78, 5) is 12.3. The molecule has 0 aromatic heterocycles. The van der Waals surface area contributed by atoms with E-state index in [1.54, 1.807) is 0 Å². The molecule has 1 aliphatic heterocycles. The van der Waals surface area contributed by atoms with Crippen molar-refractivity contribution in [3.63, 3.8) is 0 Å². The SMILES string of the molecule is O=C1N/[N+](=C\c2cccc3ccccc23)C2C1[C@@H]1CC[C@@H]2C1. The average Bonchev–Trinajstić information content (AvgIpc) is 3.22. The second-order valence-electron chi connectivity index (χ2n) is 6.93. The number of nitrogens with zero attached hydrogens (tertiary/aromatic N) is 1. The molecule has 1 amide bonds. The van der Waals surface area contributed by atoms with Crippen LogP contribution in [0.5, 0.6) is 0 Å². The Bertz CT molecular complexity index is 805. The van der Waals surface area contributed by atoms with Crippen LogP contribution in [0.25, 0.3) is 10.8 Å². The summed E-state index contributed by atoms with van der Waals surface area (Å²) >= 11 is 0. The van der Waals surface area contributed by atoms with Crippen molar-refractivity contribution < 1.29 is 9.48 Å². The molecule has 3 aliphatic rings. The maximum Gasteiger partial charge on any atom is 0.284 e. The van der Waals surface area contributed by atoms with Crippen molar-refractivity contribution >= 4 is 22.9 Å². The zero-order valence-corrected chi connectivity index (χ0v) is 12.4. The van der Waals surface area contributed by atoms with Crippen LogP contribution < -0.4 is 5.43 Å². The van der Waals surface area contributed by atoms with E-state index in [1.165, 1.54) is 35.6 Å². The van der Waals surface area contributed by atoms with Gasteiger partial charge in [0.15, 0.2) is 6.04 Å². The minimum Gasteiger partial charge on any atom is -0.269 e. The number of amides is 1. The normalized spacial score (nSPS) is 34.4. The highest BCUT2D eigenvalue weighted by Gasteiger charge is 2.61. The Morgan fingerprint density at radius 2 is 1.86 bits per heavy atom. The Kier molecular flexibility index (Phi) is 2.49. The molecule has 1 N–H and O–H groups in total. The van der Waals surface area contributed by atoms with Gasteiger partial charge < -0.3 is 0 Å². The maximum absolute atomic E-state index is 12.3.